The Morgan fingerprint density at radius 1 is 1.22 bits per heavy atom. The first-order chi connectivity index (χ1) is 8.43. The van der Waals surface area contributed by atoms with Crippen molar-refractivity contribution in [1.29, 1.82) is 0 Å². The number of carbonyl (C=O) groups excluding carboxylic acids is 2. The van der Waals surface area contributed by atoms with Gasteiger partial charge in [-0.1, -0.05) is 13.8 Å². The van der Waals surface area contributed by atoms with Crippen LogP contribution in [0.25, 0.3) is 0 Å². The van der Waals surface area contributed by atoms with Gasteiger partial charge >= 0.3 is 0 Å². The van der Waals surface area contributed by atoms with Crippen molar-refractivity contribution < 1.29 is 9.59 Å². The SMILES string of the molecule is CCC1NC(=O)C(CC)N(C(C)(C)C2CC2)C1=O. The minimum atomic E-state index is -0.335. The third kappa shape index (κ3) is 2.02. The van der Waals surface area contributed by atoms with Gasteiger partial charge < -0.3 is 10.2 Å². The van der Waals surface area contributed by atoms with E-state index >= 15 is 0 Å². The maximum atomic E-state index is 12.6. The Morgan fingerprint density at radius 3 is 2.28 bits per heavy atom. The van der Waals surface area contributed by atoms with Crippen molar-refractivity contribution in [3.05, 3.63) is 0 Å². The van der Waals surface area contributed by atoms with Crippen molar-refractivity contribution in [2.45, 2.75) is 71.0 Å². The molecule has 18 heavy (non-hydrogen) atoms. The number of nitrogens with zero attached hydrogens (tertiary/aromatic N) is 1. The summed E-state index contributed by atoms with van der Waals surface area (Å²) in [6, 6.07) is -0.630. The summed E-state index contributed by atoms with van der Waals surface area (Å²) in [6.07, 6.45) is 3.69. The normalized spacial score (nSPS) is 29.4. The van der Waals surface area contributed by atoms with E-state index in [1.165, 1.54) is 12.8 Å². The van der Waals surface area contributed by atoms with E-state index in [0.29, 0.717) is 18.8 Å². The van der Waals surface area contributed by atoms with Crippen LogP contribution in [-0.2, 0) is 9.59 Å². The fourth-order valence-electron chi connectivity index (χ4n) is 3.09. The van der Waals surface area contributed by atoms with Crippen molar-refractivity contribution in [2.75, 3.05) is 0 Å². The van der Waals surface area contributed by atoms with Crippen molar-refractivity contribution in [3.8, 4) is 0 Å². The zero-order valence-electron chi connectivity index (χ0n) is 11.8. The van der Waals surface area contributed by atoms with Gasteiger partial charge in [0.25, 0.3) is 0 Å². The summed E-state index contributed by atoms with van der Waals surface area (Å²) in [7, 11) is 0. The van der Waals surface area contributed by atoms with E-state index in [-0.39, 0.29) is 29.4 Å². The number of hydrogen-bond donors (Lipinski definition) is 1. The quantitative estimate of drug-likeness (QED) is 0.827. The van der Waals surface area contributed by atoms with Gasteiger partial charge in [-0.05, 0) is 45.4 Å². The molecule has 0 aromatic rings. The highest BCUT2D eigenvalue weighted by Gasteiger charge is 2.51. The molecule has 0 radical (unpaired) electrons. The van der Waals surface area contributed by atoms with E-state index in [0.717, 1.165) is 0 Å². The molecule has 2 rings (SSSR count). The summed E-state index contributed by atoms with van der Waals surface area (Å²) < 4.78 is 0. The molecule has 4 heteroatoms. The Kier molecular flexibility index (Phi) is 3.39. The summed E-state index contributed by atoms with van der Waals surface area (Å²) in [5.74, 6) is 0.664. The Balaban J connectivity index is 2.31. The molecule has 0 aromatic carbocycles. The van der Waals surface area contributed by atoms with Gasteiger partial charge in [0.2, 0.25) is 11.8 Å². The standard InChI is InChI=1S/C14H24N2O2/c1-5-10-13(18)16(11(6-2)12(17)15-10)14(3,4)9-7-8-9/h9-11H,5-8H2,1-4H3,(H,15,17). The zero-order valence-corrected chi connectivity index (χ0v) is 11.8. The Labute approximate surface area is 109 Å². The molecule has 1 aliphatic carbocycles. The van der Waals surface area contributed by atoms with Crippen LogP contribution in [0.3, 0.4) is 0 Å². The molecule has 102 valence electrons. The monoisotopic (exact) mass is 252 g/mol. The van der Waals surface area contributed by atoms with Crippen LogP contribution in [-0.4, -0.2) is 34.3 Å². The van der Waals surface area contributed by atoms with Crippen molar-refractivity contribution >= 4 is 11.8 Å². The van der Waals surface area contributed by atoms with E-state index in [4.69, 9.17) is 0 Å². The molecule has 1 saturated heterocycles. The molecule has 0 bridgehead atoms. The highest BCUT2D eigenvalue weighted by molar-refractivity contribution is 5.97. The van der Waals surface area contributed by atoms with Gasteiger partial charge in [-0.15, -0.1) is 0 Å². The fraction of sp³-hybridized carbons (Fsp3) is 0.857. The van der Waals surface area contributed by atoms with Gasteiger partial charge in [0.15, 0.2) is 0 Å². The van der Waals surface area contributed by atoms with Gasteiger partial charge in [-0.2, -0.15) is 0 Å². The van der Waals surface area contributed by atoms with Crippen LogP contribution in [0.2, 0.25) is 0 Å². The molecular formula is C14H24N2O2. The number of nitrogens with one attached hydrogen (secondary N) is 1. The molecule has 4 nitrogen and oxygen atoms in total. The maximum absolute atomic E-state index is 12.6. The lowest BCUT2D eigenvalue weighted by Gasteiger charge is -2.48. The minimum Gasteiger partial charge on any atom is -0.343 e. The van der Waals surface area contributed by atoms with E-state index in [1.54, 1.807) is 0 Å². The largest absolute Gasteiger partial charge is 0.343 e. The number of rotatable bonds is 4. The van der Waals surface area contributed by atoms with Crippen LogP contribution in [0.5, 0.6) is 0 Å². The molecule has 0 spiro atoms. The van der Waals surface area contributed by atoms with Crippen LogP contribution in [0.15, 0.2) is 0 Å². The first-order valence-corrected chi connectivity index (χ1v) is 7.07. The number of amides is 2. The van der Waals surface area contributed by atoms with E-state index in [9.17, 15) is 9.59 Å². The van der Waals surface area contributed by atoms with Gasteiger partial charge in [-0.25, -0.2) is 0 Å². The lowest BCUT2D eigenvalue weighted by molar-refractivity contribution is -0.157. The molecule has 1 N–H and O–H groups in total. The molecule has 2 unspecified atom stereocenters. The zero-order chi connectivity index (χ0) is 13.5. The Hall–Kier alpha value is -1.06. The molecule has 2 amide bonds. The highest BCUT2D eigenvalue weighted by Crippen LogP contribution is 2.44. The third-order valence-corrected chi connectivity index (χ3v) is 4.46. The predicted octanol–water partition coefficient (Wildman–Crippen LogP) is 1.69. The maximum Gasteiger partial charge on any atom is 0.246 e. The van der Waals surface area contributed by atoms with Crippen molar-refractivity contribution in [3.63, 3.8) is 0 Å². The van der Waals surface area contributed by atoms with Gasteiger partial charge in [0, 0.05) is 5.54 Å². The van der Waals surface area contributed by atoms with Gasteiger partial charge in [0.1, 0.15) is 12.1 Å². The second kappa shape index (κ2) is 4.56. The third-order valence-electron chi connectivity index (χ3n) is 4.46. The van der Waals surface area contributed by atoms with Crippen molar-refractivity contribution in [2.24, 2.45) is 5.92 Å². The summed E-state index contributed by atoms with van der Waals surface area (Å²) >= 11 is 0. The molecule has 2 aliphatic rings. The Bertz CT molecular complexity index is 361. The molecule has 1 aliphatic heterocycles. The number of carbonyl (C=O) groups is 2. The molecule has 2 fully saturated rings. The summed E-state index contributed by atoms with van der Waals surface area (Å²) in [6.45, 7) is 8.13. The number of piperazine rings is 1. The lowest BCUT2D eigenvalue weighted by atomic mass is 9.89. The first kappa shape index (κ1) is 13.4. The van der Waals surface area contributed by atoms with E-state index in [2.05, 4.69) is 19.2 Å². The second-order valence-electron chi connectivity index (χ2n) is 6.03. The van der Waals surface area contributed by atoms with Gasteiger partial charge in [-0.3, -0.25) is 9.59 Å². The van der Waals surface area contributed by atoms with E-state index in [1.807, 2.05) is 18.7 Å². The molecule has 1 saturated carbocycles. The summed E-state index contributed by atoms with van der Waals surface area (Å²) in [4.78, 5) is 26.6. The van der Waals surface area contributed by atoms with Crippen LogP contribution in [0.1, 0.15) is 53.4 Å². The number of hydrogen-bond acceptors (Lipinski definition) is 2. The minimum absolute atomic E-state index is 0.0117. The van der Waals surface area contributed by atoms with Crippen LogP contribution < -0.4 is 5.32 Å². The molecule has 1 heterocycles. The van der Waals surface area contributed by atoms with Crippen LogP contribution in [0, 0.1) is 5.92 Å². The average molecular weight is 252 g/mol. The first-order valence-electron chi connectivity index (χ1n) is 7.07. The van der Waals surface area contributed by atoms with Crippen LogP contribution >= 0.6 is 0 Å². The Morgan fingerprint density at radius 2 is 1.83 bits per heavy atom. The smallest absolute Gasteiger partial charge is 0.246 e. The lowest BCUT2D eigenvalue weighted by Crippen LogP contribution is -2.68. The predicted molar refractivity (Wildman–Crippen MR) is 69.9 cm³/mol. The van der Waals surface area contributed by atoms with Crippen molar-refractivity contribution in [1.82, 2.24) is 10.2 Å². The highest BCUT2D eigenvalue weighted by atomic mass is 16.2. The fourth-order valence-corrected chi connectivity index (χ4v) is 3.09. The van der Waals surface area contributed by atoms with Gasteiger partial charge in [0.05, 0.1) is 0 Å². The topological polar surface area (TPSA) is 49.4 Å². The average Bonchev–Trinajstić information content (AvgIpc) is 3.14. The molecule has 2 atom stereocenters. The molecule has 0 aromatic heterocycles. The second-order valence-corrected chi connectivity index (χ2v) is 6.03. The van der Waals surface area contributed by atoms with Crippen LogP contribution in [0.4, 0.5) is 0 Å². The summed E-state index contributed by atoms with van der Waals surface area (Å²) in [5.41, 5.74) is -0.192. The van der Waals surface area contributed by atoms with E-state index < -0.39 is 0 Å². The summed E-state index contributed by atoms with van der Waals surface area (Å²) in [5, 5.41) is 2.85. The molecular weight excluding hydrogens is 228 g/mol.